The quantitative estimate of drug-likeness (QED) is 0.509. The molecule has 0 saturated heterocycles. The highest BCUT2D eigenvalue weighted by Crippen LogP contribution is 1.89. The van der Waals surface area contributed by atoms with Crippen LogP contribution in [0.2, 0.25) is 0 Å². The fourth-order valence-electron chi connectivity index (χ4n) is 0.278. The molecule has 0 aromatic heterocycles. The summed E-state index contributed by atoms with van der Waals surface area (Å²) < 4.78 is 0. The van der Waals surface area contributed by atoms with E-state index in [4.69, 9.17) is 0 Å². The van der Waals surface area contributed by atoms with E-state index in [2.05, 4.69) is 4.99 Å². The average Bonchev–Trinajstić information content (AvgIpc) is 2.12. The molecule has 0 aromatic rings. The number of nitrogens with zero attached hydrogens (tertiary/aromatic N) is 1. The van der Waals surface area contributed by atoms with Crippen molar-refractivity contribution >= 4 is 6.21 Å². The molecule has 0 bridgehead atoms. The largest absolute Gasteiger partial charge is 0.267 e. The van der Waals surface area contributed by atoms with Gasteiger partial charge in [-0.1, -0.05) is 33.8 Å². The predicted molar refractivity (Wildman–Crippen MR) is 56.3 cm³/mol. The zero-order chi connectivity index (χ0) is 9.70. The molecule has 0 aliphatic rings. The van der Waals surface area contributed by atoms with Gasteiger partial charge < -0.3 is 0 Å². The fraction of sp³-hybridized carbons (Fsp3) is 0.700. The topological polar surface area (TPSA) is 12.4 Å². The van der Waals surface area contributed by atoms with E-state index in [1.54, 1.807) is 6.21 Å². The molecule has 0 aliphatic heterocycles. The van der Waals surface area contributed by atoms with Crippen LogP contribution in [-0.4, -0.2) is 6.21 Å². The molecule has 0 atom stereocenters. The maximum atomic E-state index is 3.98. The summed E-state index contributed by atoms with van der Waals surface area (Å²) in [5.74, 6) is 0. The number of aliphatic imine (C=N–C) groups is 1. The van der Waals surface area contributed by atoms with Crippen LogP contribution in [0, 0.1) is 0 Å². The van der Waals surface area contributed by atoms with Gasteiger partial charge in [0.1, 0.15) is 0 Å². The lowest BCUT2D eigenvalue weighted by Gasteiger charge is -1.81. The molecule has 0 radical (unpaired) electrons. The fourth-order valence-corrected chi connectivity index (χ4v) is 0.278. The van der Waals surface area contributed by atoms with Gasteiger partial charge in [-0.15, -0.1) is 0 Å². The van der Waals surface area contributed by atoms with Gasteiger partial charge in [0.05, 0.1) is 0 Å². The van der Waals surface area contributed by atoms with Gasteiger partial charge in [0.15, 0.2) is 0 Å². The standard InChI is InChI=1S/C6H11N.2C2H6/c1-4-6(3)7-5-2;2*1-2/h4-5H,1-3H3;2*1-2H3/b6-4-,7-5?;;. The number of hydrogen-bond donors (Lipinski definition) is 0. The molecule has 0 rings (SSSR count). The van der Waals surface area contributed by atoms with Gasteiger partial charge in [0.25, 0.3) is 0 Å². The van der Waals surface area contributed by atoms with Crippen molar-refractivity contribution in [2.45, 2.75) is 48.5 Å². The van der Waals surface area contributed by atoms with Crippen molar-refractivity contribution in [2.24, 2.45) is 4.99 Å². The highest BCUT2D eigenvalue weighted by Gasteiger charge is 1.70. The molecule has 0 fully saturated rings. The van der Waals surface area contributed by atoms with Gasteiger partial charge in [-0.25, -0.2) is 0 Å². The minimum Gasteiger partial charge on any atom is -0.267 e. The lowest BCUT2D eigenvalue weighted by Crippen LogP contribution is -1.64. The van der Waals surface area contributed by atoms with Gasteiger partial charge >= 0.3 is 0 Å². The first-order valence-electron chi connectivity index (χ1n) is 4.43. The van der Waals surface area contributed by atoms with Gasteiger partial charge in [-0.3, -0.25) is 4.99 Å². The lowest BCUT2D eigenvalue weighted by molar-refractivity contribution is 1.29. The molecule has 0 amide bonds. The van der Waals surface area contributed by atoms with E-state index < -0.39 is 0 Å². The number of hydrogen-bond acceptors (Lipinski definition) is 1. The van der Waals surface area contributed by atoms with E-state index in [1.165, 1.54) is 0 Å². The summed E-state index contributed by atoms with van der Waals surface area (Å²) in [4.78, 5) is 3.98. The summed E-state index contributed by atoms with van der Waals surface area (Å²) in [6.45, 7) is 13.9. The highest BCUT2D eigenvalue weighted by atomic mass is 14.7. The van der Waals surface area contributed by atoms with Gasteiger partial charge in [-0.2, -0.15) is 0 Å². The summed E-state index contributed by atoms with van der Waals surface area (Å²) >= 11 is 0. The van der Waals surface area contributed by atoms with E-state index in [1.807, 2.05) is 54.5 Å². The van der Waals surface area contributed by atoms with Crippen LogP contribution in [0.3, 0.4) is 0 Å². The molecule has 0 saturated carbocycles. The van der Waals surface area contributed by atoms with Crippen LogP contribution >= 0.6 is 0 Å². The second-order valence-electron chi connectivity index (χ2n) is 1.32. The maximum absolute atomic E-state index is 3.98. The van der Waals surface area contributed by atoms with Crippen LogP contribution < -0.4 is 0 Å². The van der Waals surface area contributed by atoms with Gasteiger partial charge in [0.2, 0.25) is 0 Å². The zero-order valence-corrected chi connectivity index (χ0v) is 9.10. The van der Waals surface area contributed by atoms with E-state index in [-0.39, 0.29) is 0 Å². The molecule has 0 N–H and O–H groups in total. The van der Waals surface area contributed by atoms with E-state index in [9.17, 15) is 0 Å². The summed E-state index contributed by atoms with van der Waals surface area (Å²) in [5, 5.41) is 0. The van der Waals surface area contributed by atoms with Crippen molar-refractivity contribution in [1.29, 1.82) is 0 Å². The molecule has 0 heterocycles. The predicted octanol–water partition coefficient (Wildman–Crippen LogP) is 4.05. The molecular weight excluding hydrogens is 134 g/mol. The minimum atomic E-state index is 1.07. The van der Waals surface area contributed by atoms with Crippen LogP contribution in [0.15, 0.2) is 16.8 Å². The first-order chi connectivity index (χ1) is 5.31. The Hall–Kier alpha value is -0.590. The third-order valence-corrected chi connectivity index (χ3v) is 0.751. The van der Waals surface area contributed by atoms with Crippen LogP contribution in [0.25, 0.3) is 0 Å². The SMILES string of the molecule is CC.CC.CC=N/C(C)=C\C. The molecule has 0 aromatic carbocycles. The Bertz CT molecular complexity index is 91.0. The summed E-state index contributed by atoms with van der Waals surface area (Å²) in [7, 11) is 0. The minimum absolute atomic E-state index is 1.07. The first-order valence-corrected chi connectivity index (χ1v) is 4.43. The van der Waals surface area contributed by atoms with E-state index in [0.717, 1.165) is 5.70 Å². The second kappa shape index (κ2) is 22.7. The Morgan fingerprint density at radius 3 is 1.45 bits per heavy atom. The Balaban J connectivity index is -0.000000138. The molecule has 1 heteroatoms. The summed E-state index contributed by atoms with van der Waals surface area (Å²) in [5.41, 5.74) is 1.07. The van der Waals surface area contributed by atoms with Crippen molar-refractivity contribution < 1.29 is 0 Å². The second-order valence-corrected chi connectivity index (χ2v) is 1.32. The van der Waals surface area contributed by atoms with E-state index >= 15 is 0 Å². The zero-order valence-electron chi connectivity index (χ0n) is 9.10. The van der Waals surface area contributed by atoms with Crippen LogP contribution in [0.4, 0.5) is 0 Å². The van der Waals surface area contributed by atoms with Crippen molar-refractivity contribution in [1.82, 2.24) is 0 Å². The van der Waals surface area contributed by atoms with E-state index in [0.29, 0.717) is 0 Å². The van der Waals surface area contributed by atoms with Crippen molar-refractivity contribution in [3.8, 4) is 0 Å². The first kappa shape index (κ1) is 16.8. The Morgan fingerprint density at radius 2 is 1.36 bits per heavy atom. The molecule has 0 spiro atoms. The van der Waals surface area contributed by atoms with Crippen molar-refractivity contribution in [3.05, 3.63) is 11.8 Å². The Kier molecular flexibility index (Phi) is 34.7. The van der Waals surface area contributed by atoms with Crippen LogP contribution in [0.5, 0.6) is 0 Å². The Morgan fingerprint density at radius 1 is 1.00 bits per heavy atom. The Labute approximate surface area is 72.2 Å². The molecule has 0 unspecified atom stereocenters. The summed E-state index contributed by atoms with van der Waals surface area (Å²) in [6.07, 6.45) is 3.76. The molecule has 68 valence electrons. The molecule has 0 aliphatic carbocycles. The molecular formula is C10H23N. The van der Waals surface area contributed by atoms with Crippen molar-refractivity contribution in [2.75, 3.05) is 0 Å². The summed E-state index contributed by atoms with van der Waals surface area (Å²) in [6, 6.07) is 0. The van der Waals surface area contributed by atoms with Crippen LogP contribution in [0.1, 0.15) is 48.5 Å². The molecule has 11 heavy (non-hydrogen) atoms. The normalized spacial score (nSPS) is 9.55. The molecule has 1 nitrogen and oxygen atoms in total. The number of allylic oxidation sites excluding steroid dienone is 2. The van der Waals surface area contributed by atoms with Gasteiger partial charge in [0, 0.05) is 11.9 Å². The lowest BCUT2D eigenvalue weighted by atomic mass is 10.5. The highest BCUT2D eigenvalue weighted by molar-refractivity contribution is 5.54. The average molecular weight is 157 g/mol. The monoisotopic (exact) mass is 157 g/mol. The maximum Gasteiger partial charge on any atom is 0.0326 e. The third-order valence-electron chi connectivity index (χ3n) is 0.751. The van der Waals surface area contributed by atoms with Crippen LogP contribution in [-0.2, 0) is 0 Å². The van der Waals surface area contributed by atoms with Crippen molar-refractivity contribution in [3.63, 3.8) is 0 Å². The smallest absolute Gasteiger partial charge is 0.0326 e. The van der Waals surface area contributed by atoms with Gasteiger partial charge in [-0.05, 0) is 20.8 Å². The third kappa shape index (κ3) is 26.6. The number of rotatable bonds is 1.